The number of likely N-dealkylation sites (tertiary alicyclic amines) is 2. The Morgan fingerprint density at radius 1 is 0.586 bits per heavy atom. The highest BCUT2D eigenvalue weighted by molar-refractivity contribution is 7.84. The second-order valence-electron chi connectivity index (χ2n) is 23.8. The molecule has 6 aromatic rings. The first-order chi connectivity index (χ1) is 41.2. The molecule has 6 amide bonds. The maximum Gasteiger partial charge on any atom is 0.322 e. The summed E-state index contributed by atoms with van der Waals surface area (Å²) < 4.78 is 46.9. The number of aliphatic hydroxyl groups excluding tert-OH is 2. The lowest BCUT2D eigenvalue weighted by molar-refractivity contribution is -0.120. The van der Waals surface area contributed by atoms with Crippen molar-refractivity contribution in [2.75, 3.05) is 34.4 Å². The molecule has 4 aliphatic rings. The Labute approximate surface area is 514 Å². The fourth-order valence-corrected chi connectivity index (χ4v) is 12.0. The molecule has 2 aliphatic heterocycles. The minimum Gasteiger partial charge on any atom is -0.391 e. The van der Waals surface area contributed by atoms with Crippen LogP contribution >= 0.6 is 12.4 Å². The molecule has 4 fully saturated rings. The minimum atomic E-state index is -1.56. The van der Waals surface area contributed by atoms with Crippen molar-refractivity contribution in [1.82, 2.24) is 14.5 Å². The van der Waals surface area contributed by atoms with Crippen LogP contribution in [0.25, 0.3) is 0 Å². The van der Waals surface area contributed by atoms with Crippen LogP contribution in [0.4, 0.5) is 41.1 Å². The molecule has 456 valence electrons. The van der Waals surface area contributed by atoms with Gasteiger partial charge in [-0.25, -0.2) is 27.3 Å². The molecule has 87 heavy (non-hydrogen) atoms. The molecular formula is C66H73ClF2N10O7S. The van der Waals surface area contributed by atoms with E-state index in [2.05, 4.69) is 38.1 Å². The van der Waals surface area contributed by atoms with Crippen molar-refractivity contribution in [3.63, 3.8) is 0 Å². The average molecular weight is 1220 g/mol. The average Bonchev–Trinajstić information content (AvgIpc) is 2.02. The van der Waals surface area contributed by atoms with Gasteiger partial charge in [0.05, 0.1) is 73.7 Å². The van der Waals surface area contributed by atoms with Gasteiger partial charge in [-0.2, -0.15) is 10.5 Å². The summed E-state index contributed by atoms with van der Waals surface area (Å²) in [6, 6.07) is 41.8. The number of anilines is 4. The first kappa shape index (κ1) is 64.9. The van der Waals surface area contributed by atoms with E-state index in [0.29, 0.717) is 63.9 Å². The summed E-state index contributed by atoms with van der Waals surface area (Å²) >= 11 is 0. The number of nitriles is 2. The second kappa shape index (κ2) is 28.2. The van der Waals surface area contributed by atoms with Crippen molar-refractivity contribution in [1.29, 1.82) is 10.5 Å². The van der Waals surface area contributed by atoms with E-state index in [9.17, 15) is 44.1 Å². The fraction of sp³-hybridized carbons (Fsp3) is 0.364. The molecule has 21 heteroatoms. The number of rotatable bonds is 18. The zero-order chi connectivity index (χ0) is 61.3. The number of nitrogens with zero attached hydrogens (tertiary/aromatic N) is 4. The molecular weight excluding hydrogens is 1150 g/mol. The summed E-state index contributed by atoms with van der Waals surface area (Å²) in [4.78, 5) is 55.5. The van der Waals surface area contributed by atoms with Gasteiger partial charge in [-0.05, 0) is 153 Å². The number of carbonyl (C=O) groups is 4. The number of urea groups is 2. The highest BCUT2D eigenvalue weighted by Gasteiger charge is 2.44. The number of benzene rings is 6. The molecule has 2 saturated carbocycles. The third-order valence-electron chi connectivity index (χ3n) is 16.3. The number of carbonyl (C=O) groups excluding carboxylic acids is 4. The summed E-state index contributed by atoms with van der Waals surface area (Å²) in [6.45, 7) is 5.50. The van der Waals surface area contributed by atoms with Gasteiger partial charge in [0.1, 0.15) is 23.7 Å². The smallest absolute Gasteiger partial charge is 0.322 e. The summed E-state index contributed by atoms with van der Waals surface area (Å²) in [7, 11) is -1.56. The molecule has 7 atom stereocenters. The van der Waals surface area contributed by atoms with Crippen molar-refractivity contribution in [2.45, 2.75) is 125 Å². The van der Waals surface area contributed by atoms with E-state index >= 15 is 8.78 Å². The van der Waals surface area contributed by atoms with Gasteiger partial charge in [0.15, 0.2) is 0 Å². The Kier molecular flexibility index (Phi) is 21.0. The standard InChI is InChI=1S/C35H40FN5O4S.C31H32FN5O3.ClH/c1-34(2,3)46(45)40-35(17-16-23-12-13-23,25-9-7-8-24(18-25)21-37)26-14-15-29(36)30(19-26)39-32(43)31-20-28(42)22-41(31)33(44)38-27-10-5-4-6-11-27;32-26-12-11-23(31(34,14-13-20-9-10-20)22-6-4-5-21(15-22)18-33)16-27(26)36-29(39)28-17-25(38)19-37(28)30(40)35-24-7-2-1-3-8-24;/h4-11,14-15,18-19,23,28,31,40,42H,12-13,16-17,20,22H2,1-3H3,(H,38,44)(H,39,43);1-8,11-12,15-16,20,25,28,38H,9-10,13-14,17,19,34H2,(H,35,40)(H,36,39);1H/t28-,31-,35?,46-;25-,28-,31?;/m11./s1. The molecule has 2 aliphatic carbocycles. The largest absolute Gasteiger partial charge is 0.391 e. The molecule has 10 rings (SSSR count). The number of hydrogen-bond acceptors (Lipinski definition) is 10. The maximum absolute atomic E-state index is 15.4. The van der Waals surface area contributed by atoms with Crippen molar-refractivity contribution < 1.29 is 42.4 Å². The predicted octanol–water partition coefficient (Wildman–Crippen LogP) is 10.9. The summed E-state index contributed by atoms with van der Waals surface area (Å²) in [5, 5.41) is 50.6. The number of β-amino-alcohol motifs (C(OH)–C–C–N with tert-alkyl or cyclic N) is 2. The molecule has 6 aromatic carbocycles. The van der Waals surface area contributed by atoms with Crippen LogP contribution in [0.1, 0.15) is 118 Å². The van der Waals surface area contributed by atoms with Crippen molar-refractivity contribution >= 4 is 70.0 Å². The van der Waals surface area contributed by atoms with E-state index in [-0.39, 0.29) is 49.7 Å². The lowest BCUT2D eigenvalue weighted by Crippen LogP contribution is -2.49. The lowest BCUT2D eigenvalue weighted by atomic mass is 9.79. The zero-order valence-electron chi connectivity index (χ0n) is 48.7. The van der Waals surface area contributed by atoms with Gasteiger partial charge in [-0.3, -0.25) is 9.59 Å². The summed E-state index contributed by atoms with van der Waals surface area (Å²) in [5.74, 6) is -1.46. The number of nitrogens with one attached hydrogen (secondary N) is 5. The van der Waals surface area contributed by atoms with Gasteiger partial charge in [0.2, 0.25) is 11.8 Å². The maximum atomic E-state index is 15.4. The number of nitrogens with two attached hydrogens (primary N) is 1. The number of amides is 6. The molecule has 0 aromatic heterocycles. The highest BCUT2D eigenvalue weighted by Crippen LogP contribution is 2.44. The Morgan fingerprint density at radius 3 is 1.46 bits per heavy atom. The number of hydrogen-bond donors (Lipinski definition) is 8. The molecule has 0 spiro atoms. The van der Waals surface area contributed by atoms with Crippen LogP contribution in [0.2, 0.25) is 0 Å². The van der Waals surface area contributed by atoms with E-state index in [0.717, 1.165) is 44.1 Å². The normalized spacial score (nSPS) is 19.7. The second-order valence-corrected chi connectivity index (χ2v) is 25.8. The van der Waals surface area contributed by atoms with Crippen molar-refractivity contribution in [2.24, 2.45) is 17.6 Å². The molecule has 2 heterocycles. The van der Waals surface area contributed by atoms with Gasteiger partial charge in [-0.1, -0.05) is 98.5 Å². The Bertz CT molecular complexity index is 3560. The first-order valence-corrected chi connectivity index (χ1v) is 30.1. The van der Waals surface area contributed by atoms with Crippen LogP contribution in [0.15, 0.2) is 146 Å². The van der Waals surface area contributed by atoms with Crippen LogP contribution < -0.4 is 31.7 Å². The van der Waals surface area contributed by atoms with Crippen LogP contribution in [0, 0.1) is 46.1 Å². The predicted molar refractivity (Wildman–Crippen MR) is 333 cm³/mol. The van der Waals surface area contributed by atoms with E-state index in [4.69, 9.17) is 5.73 Å². The zero-order valence-corrected chi connectivity index (χ0v) is 50.3. The molecule has 2 saturated heterocycles. The van der Waals surface area contributed by atoms with E-state index < -0.39 is 86.6 Å². The highest BCUT2D eigenvalue weighted by atomic mass is 35.5. The number of halogens is 3. The third-order valence-corrected chi connectivity index (χ3v) is 17.9. The van der Waals surface area contributed by atoms with Crippen molar-refractivity contribution in [3.05, 3.63) is 191 Å². The van der Waals surface area contributed by atoms with E-state index in [1.165, 1.54) is 34.1 Å². The molecule has 2 unspecified atom stereocenters. The summed E-state index contributed by atoms with van der Waals surface area (Å²) in [6.07, 6.45) is 5.53. The fourth-order valence-electron chi connectivity index (χ4n) is 11.0. The number of aliphatic hydroxyl groups is 2. The molecule has 0 radical (unpaired) electrons. The van der Waals surface area contributed by atoms with E-state index in [1.807, 2.05) is 45.0 Å². The van der Waals surface area contributed by atoms with Crippen LogP contribution in [0.5, 0.6) is 0 Å². The molecule has 0 bridgehead atoms. The summed E-state index contributed by atoms with van der Waals surface area (Å²) in [5.41, 5.74) is 9.38. The van der Waals surface area contributed by atoms with Gasteiger partial charge < -0.3 is 47.0 Å². The van der Waals surface area contributed by atoms with Gasteiger partial charge >= 0.3 is 12.1 Å². The Morgan fingerprint density at radius 2 is 1.00 bits per heavy atom. The van der Waals surface area contributed by atoms with Crippen LogP contribution in [-0.4, -0.2) is 90.2 Å². The quantitative estimate of drug-likeness (QED) is 0.0403. The molecule has 9 N–H and O–H groups in total. The Balaban J connectivity index is 0.000000225. The minimum absolute atomic E-state index is 0. The van der Waals surface area contributed by atoms with Crippen molar-refractivity contribution in [3.8, 4) is 12.1 Å². The number of para-hydroxylation sites is 2. The Hall–Kier alpha value is -8.08. The van der Waals surface area contributed by atoms with Crippen LogP contribution in [-0.2, 0) is 31.7 Å². The first-order valence-electron chi connectivity index (χ1n) is 29.0. The van der Waals surface area contributed by atoms with E-state index in [1.54, 1.807) is 97.1 Å². The third kappa shape index (κ3) is 16.1. The van der Waals surface area contributed by atoms with Gasteiger partial charge in [-0.15, -0.1) is 12.4 Å². The van der Waals surface area contributed by atoms with Gasteiger partial charge in [0.25, 0.3) is 0 Å². The SMILES string of the molecule is CC(C)(C)[S@@](=O)NC(CCC1CC1)(c1cccc(C#N)c1)c1ccc(F)c(NC(=O)[C@H]2C[C@@H](O)CN2C(=O)Nc2ccccc2)c1.Cl.N#Cc1cccc(C(N)(CCC2CC2)c2ccc(F)c(NC(=O)[C@H]3C[C@@H](O)CN3C(=O)Nc3ccccc3)c2)c1. The molecule has 17 nitrogen and oxygen atoms in total. The monoisotopic (exact) mass is 1220 g/mol. The van der Waals surface area contributed by atoms with Gasteiger partial charge in [0, 0.05) is 37.3 Å². The lowest BCUT2D eigenvalue weighted by Gasteiger charge is -2.38. The topological polar surface area (TPSA) is 266 Å². The van der Waals surface area contributed by atoms with Crippen LogP contribution in [0.3, 0.4) is 0 Å².